The molecule has 0 aliphatic heterocycles. The van der Waals surface area contributed by atoms with Crippen LogP contribution in [-0.4, -0.2) is 35.9 Å². The van der Waals surface area contributed by atoms with Crippen molar-refractivity contribution in [2.45, 2.75) is 38.6 Å². The third-order valence-electron chi connectivity index (χ3n) is 4.89. The summed E-state index contributed by atoms with van der Waals surface area (Å²) >= 11 is 0. The molecule has 3 rings (SSSR count). The van der Waals surface area contributed by atoms with Crippen LogP contribution in [0.5, 0.6) is 0 Å². The number of ether oxygens (including phenoxy) is 1. The zero-order valence-electron chi connectivity index (χ0n) is 14.5. The molecule has 1 N–H and O–H groups in total. The van der Waals surface area contributed by atoms with Crippen LogP contribution < -0.4 is 5.32 Å². The highest BCUT2D eigenvalue weighted by atomic mass is 16.5. The molecule has 1 fully saturated rings. The summed E-state index contributed by atoms with van der Waals surface area (Å²) in [5, 5.41) is 3.61. The molecule has 1 aliphatic rings. The topological polar surface area (TPSA) is 77.4 Å². The zero-order chi connectivity index (χ0) is 18.0. The monoisotopic (exact) mass is 342 g/mol. The van der Waals surface area contributed by atoms with Crippen LogP contribution in [-0.2, 0) is 14.3 Å². The van der Waals surface area contributed by atoms with E-state index in [9.17, 15) is 14.4 Å². The van der Waals surface area contributed by atoms with Gasteiger partial charge in [-0.05, 0) is 31.4 Å². The molecule has 2 aromatic rings. The maximum atomic E-state index is 12.8. The van der Waals surface area contributed by atoms with Gasteiger partial charge in [0.25, 0.3) is 11.7 Å². The first kappa shape index (κ1) is 17.2. The SMILES string of the molecule is COC(=O)C(=O)CNC(=O)c1c(C)c2ccccc2n1C1CCCC1. The Morgan fingerprint density at radius 3 is 2.56 bits per heavy atom. The van der Waals surface area contributed by atoms with E-state index < -0.39 is 11.8 Å². The number of hydrogen-bond acceptors (Lipinski definition) is 4. The highest BCUT2D eigenvalue weighted by molar-refractivity contribution is 6.34. The predicted molar refractivity (Wildman–Crippen MR) is 93.5 cm³/mol. The van der Waals surface area contributed by atoms with E-state index in [0.29, 0.717) is 5.69 Å². The van der Waals surface area contributed by atoms with E-state index in [4.69, 9.17) is 0 Å². The number of ketones is 1. The number of carbonyl (C=O) groups excluding carboxylic acids is 3. The number of esters is 1. The Morgan fingerprint density at radius 2 is 1.88 bits per heavy atom. The van der Waals surface area contributed by atoms with Crippen LogP contribution in [0, 0.1) is 6.92 Å². The second kappa shape index (κ2) is 7.09. The second-order valence-electron chi connectivity index (χ2n) is 6.40. The van der Waals surface area contributed by atoms with Crippen molar-refractivity contribution in [3.8, 4) is 0 Å². The first-order valence-electron chi connectivity index (χ1n) is 8.53. The molecule has 1 aromatic carbocycles. The van der Waals surface area contributed by atoms with Crippen LogP contribution in [0.3, 0.4) is 0 Å². The van der Waals surface area contributed by atoms with Gasteiger partial charge in [0.15, 0.2) is 0 Å². The van der Waals surface area contributed by atoms with E-state index in [1.807, 2.05) is 31.2 Å². The fourth-order valence-corrected chi connectivity index (χ4v) is 3.68. The van der Waals surface area contributed by atoms with Crippen LogP contribution in [0.2, 0.25) is 0 Å². The summed E-state index contributed by atoms with van der Waals surface area (Å²) in [5.41, 5.74) is 2.51. The molecular weight excluding hydrogens is 320 g/mol. The minimum atomic E-state index is -0.951. The molecule has 1 saturated carbocycles. The number of hydrogen-bond donors (Lipinski definition) is 1. The highest BCUT2D eigenvalue weighted by Gasteiger charge is 2.27. The lowest BCUT2D eigenvalue weighted by Gasteiger charge is -2.18. The summed E-state index contributed by atoms with van der Waals surface area (Å²) in [6.45, 7) is 1.56. The van der Waals surface area contributed by atoms with Crippen molar-refractivity contribution in [2.75, 3.05) is 13.7 Å². The summed E-state index contributed by atoms with van der Waals surface area (Å²) in [6, 6.07) is 8.24. The number of aromatic nitrogens is 1. The molecule has 0 unspecified atom stereocenters. The number of carbonyl (C=O) groups is 3. The fourth-order valence-electron chi connectivity index (χ4n) is 3.68. The molecular formula is C19H22N2O4. The van der Waals surface area contributed by atoms with Gasteiger partial charge in [0.05, 0.1) is 13.7 Å². The fraction of sp³-hybridized carbons (Fsp3) is 0.421. The molecule has 0 bridgehead atoms. The van der Waals surface area contributed by atoms with Crippen molar-refractivity contribution >= 4 is 28.6 Å². The van der Waals surface area contributed by atoms with E-state index in [1.165, 1.54) is 0 Å². The molecule has 132 valence electrons. The standard InChI is InChI=1S/C19H22N2O4/c1-12-14-9-5-6-10-15(14)21(13-7-3-4-8-13)17(12)18(23)20-11-16(22)19(24)25-2/h5-6,9-10,13H,3-4,7-8,11H2,1-2H3,(H,20,23). The third kappa shape index (κ3) is 3.16. The van der Waals surface area contributed by atoms with Crippen LogP contribution in [0.1, 0.15) is 47.8 Å². The number of aryl methyl sites for hydroxylation is 1. The van der Waals surface area contributed by atoms with Gasteiger partial charge in [-0.15, -0.1) is 0 Å². The lowest BCUT2D eigenvalue weighted by Crippen LogP contribution is -2.35. The molecule has 0 saturated heterocycles. The van der Waals surface area contributed by atoms with Gasteiger partial charge in [0.2, 0.25) is 0 Å². The highest BCUT2D eigenvalue weighted by Crippen LogP contribution is 2.36. The van der Waals surface area contributed by atoms with E-state index >= 15 is 0 Å². The number of nitrogens with one attached hydrogen (secondary N) is 1. The van der Waals surface area contributed by atoms with E-state index in [1.54, 1.807) is 0 Å². The van der Waals surface area contributed by atoms with Gasteiger partial charge < -0.3 is 14.6 Å². The van der Waals surface area contributed by atoms with E-state index in [0.717, 1.165) is 49.3 Å². The Bertz CT molecular complexity index is 831. The van der Waals surface area contributed by atoms with Crippen molar-refractivity contribution in [3.63, 3.8) is 0 Å². The Kier molecular flexibility index (Phi) is 4.88. The van der Waals surface area contributed by atoms with Crippen molar-refractivity contribution < 1.29 is 19.1 Å². The van der Waals surface area contributed by atoms with Gasteiger partial charge in [-0.1, -0.05) is 31.0 Å². The number of rotatable bonds is 5. The Morgan fingerprint density at radius 1 is 1.20 bits per heavy atom. The van der Waals surface area contributed by atoms with Crippen molar-refractivity contribution in [3.05, 3.63) is 35.5 Å². The maximum Gasteiger partial charge on any atom is 0.376 e. The van der Waals surface area contributed by atoms with Crippen LogP contribution in [0.25, 0.3) is 10.9 Å². The molecule has 1 amide bonds. The Labute approximate surface area is 146 Å². The number of benzene rings is 1. The number of methoxy groups -OCH3 is 1. The summed E-state index contributed by atoms with van der Waals surface area (Å²) in [5.74, 6) is -2.05. The molecule has 1 aromatic heterocycles. The number of para-hydroxylation sites is 1. The number of amides is 1. The van der Waals surface area contributed by atoms with Crippen LogP contribution in [0.4, 0.5) is 0 Å². The summed E-state index contributed by atoms with van der Waals surface area (Å²) in [7, 11) is 1.14. The number of Topliss-reactive ketones (excluding diaryl/α,β-unsaturated/α-hetero) is 1. The minimum absolute atomic E-state index is 0.288. The lowest BCUT2D eigenvalue weighted by molar-refractivity contribution is -0.151. The van der Waals surface area contributed by atoms with Gasteiger partial charge in [-0.3, -0.25) is 9.59 Å². The molecule has 1 aliphatic carbocycles. The quantitative estimate of drug-likeness (QED) is 0.669. The maximum absolute atomic E-state index is 12.8. The third-order valence-corrected chi connectivity index (χ3v) is 4.89. The molecule has 0 spiro atoms. The smallest absolute Gasteiger partial charge is 0.376 e. The normalized spacial score (nSPS) is 14.6. The Balaban J connectivity index is 1.95. The molecule has 6 heteroatoms. The minimum Gasteiger partial charge on any atom is -0.463 e. The first-order valence-corrected chi connectivity index (χ1v) is 8.53. The second-order valence-corrected chi connectivity index (χ2v) is 6.40. The number of nitrogens with zero attached hydrogens (tertiary/aromatic N) is 1. The van der Waals surface area contributed by atoms with E-state index in [-0.39, 0.29) is 18.5 Å². The average molecular weight is 342 g/mol. The zero-order valence-corrected chi connectivity index (χ0v) is 14.5. The van der Waals surface area contributed by atoms with Gasteiger partial charge in [0.1, 0.15) is 5.69 Å². The van der Waals surface area contributed by atoms with Gasteiger partial charge >= 0.3 is 5.97 Å². The van der Waals surface area contributed by atoms with Gasteiger partial charge in [-0.2, -0.15) is 0 Å². The summed E-state index contributed by atoms with van der Waals surface area (Å²) in [6.07, 6.45) is 4.38. The molecule has 6 nitrogen and oxygen atoms in total. The van der Waals surface area contributed by atoms with Crippen LogP contribution in [0.15, 0.2) is 24.3 Å². The molecule has 25 heavy (non-hydrogen) atoms. The predicted octanol–water partition coefficient (Wildman–Crippen LogP) is 2.54. The average Bonchev–Trinajstić information content (AvgIpc) is 3.25. The summed E-state index contributed by atoms with van der Waals surface area (Å²) in [4.78, 5) is 35.6. The largest absolute Gasteiger partial charge is 0.463 e. The van der Waals surface area contributed by atoms with E-state index in [2.05, 4.69) is 14.6 Å². The summed E-state index contributed by atoms with van der Waals surface area (Å²) < 4.78 is 6.49. The van der Waals surface area contributed by atoms with Crippen LogP contribution >= 0.6 is 0 Å². The van der Waals surface area contributed by atoms with Crippen molar-refractivity contribution in [1.82, 2.24) is 9.88 Å². The molecule has 0 radical (unpaired) electrons. The first-order chi connectivity index (χ1) is 12.0. The van der Waals surface area contributed by atoms with Crippen molar-refractivity contribution in [2.24, 2.45) is 0 Å². The van der Waals surface area contributed by atoms with Gasteiger partial charge in [0, 0.05) is 16.9 Å². The number of fused-ring (bicyclic) bond motifs is 1. The lowest BCUT2D eigenvalue weighted by atomic mass is 10.1. The van der Waals surface area contributed by atoms with Gasteiger partial charge in [-0.25, -0.2) is 4.79 Å². The molecule has 1 heterocycles. The molecule has 0 atom stereocenters. The van der Waals surface area contributed by atoms with Crippen molar-refractivity contribution in [1.29, 1.82) is 0 Å². The Hall–Kier alpha value is -2.63.